The van der Waals surface area contributed by atoms with Crippen LogP contribution in [0.15, 0.2) is 0 Å². The zero-order valence-electron chi connectivity index (χ0n) is 7.59. The smallest absolute Gasteiger partial charge is 0.238 e. The Hall–Kier alpha value is -0.970. The third kappa shape index (κ3) is 2.48. The number of hydrogen-bond donors (Lipinski definition) is 2. The molecule has 0 aromatic carbocycles. The lowest BCUT2D eigenvalue weighted by molar-refractivity contribution is -0.135. The first-order valence-corrected chi connectivity index (χ1v) is 4.57. The number of nitrogens with one attached hydrogen (secondary N) is 2. The summed E-state index contributed by atoms with van der Waals surface area (Å²) in [5, 5.41) is 4.96. The molecule has 1 aliphatic rings. The minimum absolute atomic E-state index is 0.106. The van der Waals surface area contributed by atoms with Crippen molar-refractivity contribution >= 4 is 29.1 Å². The molecule has 1 saturated heterocycles. The molecule has 4 nitrogen and oxygen atoms in total. The number of carbonyl (C=O) groups is 2. The van der Waals surface area contributed by atoms with E-state index in [1.54, 1.807) is 0 Å². The van der Waals surface area contributed by atoms with Crippen LogP contribution in [0.3, 0.4) is 0 Å². The third-order valence-corrected chi connectivity index (χ3v) is 2.02. The number of rotatable bonds is 2. The van der Waals surface area contributed by atoms with Crippen molar-refractivity contribution in [2.75, 3.05) is 0 Å². The van der Waals surface area contributed by atoms with Gasteiger partial charge >= 0.3 is 0 Å². The normalized spacial score (nSPS) is 18.8. The van der Waals surface area contributed by atoms with E-state index in [1.165, 1.54) is 0 Å². The van der Waals surface area contributed by atoms with Gasteiger partial charge in [-0.15, -0.1) is 0 Å². The summed E-state index contributed by atoms with van der Waals surface area (Å²) in [6.07, 6.45) is 0.556. The number of amides is 2. The fraction of sp³-hybridized carbons (Fsp3) is 0.625. The largest absolute Gasteiger partial charge is 0.302 e. The first kappa shape index (κ1) is 10.1. The predicted octanol–water partition coefficient (Wildman–Crippen LogP) is 0.180. The highest BCUT2D eigenvalue weighted by Gasteiger charge is 2.32. The summed E-state index contributed by atoms with van der Waals surface area (Å²) in [5.74, 6) is -0.857. The lowest BCUT2D eigenvalue weighted by atomic mass is 9.94. The highest BCUT2D eigenvalue weighted by Crippen LogP contribution is 2.13. The van der Waals surface area contributed by atoms with Crippen LogP contribution in [0.2, 0.25) is 0 Å². The zero-order valence-corrected chi connectivity index (χ0v) is 8.40. The van der Waals surface area contributed by atoms with E-state index in [4.69, 9.17) is 0 Å². The van der Waals surface area contributed by atoms with E-state index in [-0.39, 0.29) is 16.9 Å². The molecule has 0 aromatic rings. The van der Waals surface area contributed by atoms with Gasteiger partial charge in [-0.2, -0.15) is 0 Å². The lowest BCUT2D eigenvalue weighted by Gasteiger charge is -2.23. The summed E-state index contributed by atoms with van der Waals surface area (Å²) in [5.41, 5.74) is 0. The molecule has 1 fully saturated rings. The molecule has 2 N–H and O–H groups in total. The third-order valence-electron chi connectivity index (χ3n) is 1.81. The summed E-state index contributed by atoms with van der Waals surface area (Å²) >= 11 is 4.66. The van der Waals surface area contributed by atoms with E-state index in [9.17, 15) is 9.59 Å². The molecule has 72 valence electrons. The molecule has 0 bridgehead atoms. The minimum Gasteiger partial charge on any atom is -0.302 e. The molecule has 0 atom stereocenters. The van der Waals surface area contributed by atoms with Crippen LogP contribution in [-0.2, 0) is 9.59 Å². The van der Waals surface area contributed by atoms with E-state index in [0.717, 1.165) is 0 Å². The molecule has 5 heteroatoms. The molecule has 2 amide bonds. The molecule has 1 aliphatic heterocycles. The van der Waals surface area contributed by atoms with Crippen LogP contribution in [0, 0.1) is 11.8 Å². The van der Waals surface area contributed by atoms with Crippen LogP contribution in [-0.4, -0.2) is 16.9 Å². The van der Waals surface area contributed by atoms with Gasteiger partial charge in [-0.05, 0) is 24.6 Å². The van der Waals surface area contributed by atoms with Crippen molar-refractivity contribution in [3.05, 3.63) is 0 Å². The average molecular weight is 200 g/mol. The van der Waals surface area contributed by atoms with Crippen LogP contribution in [0.4, 0.5) is 0 Å². The van der Waals surface area contributed by atoms with E-state index in [2.05, 4.69) is 22.9 Å². The fourth-order valence-corrected chi connectivity index (χ4v) is 1.44. The van der Waals surface area contributed by atoms with Crippen molar-refractivity contribution in [1.82, 2.24) is 10.6 Å². The Balaban J connectivity index is 2.67. The van der Waals surface area contributed by atoms with Gasteiger partial charge in [0.1, 0.15) is 5.92 Å². The number of carbonyl (C=O) groups excluding carboxylic acids is 2. The maximum Gasteiger partial charge on any atom is 0.238 e. The predicted molar refractivity (Wildman–Crippen MR) is 51.8 cm³/mol. The second-order valence-electron chi connectivity index (χ2n) is 3.49. The van der Waals surface area contributed by atoms with Crippen LogP contribution < -0.4 is 10.6 Å². The van der Waals surface area contributed by atoms with Gasteiger partial charge in [-0.1, -0.05) is 13.8 Å². The van der Waals surface area contributed by atoms with Crippen molar-refractivity contribution < 1.29 is 9.59 Å². The van der Waals surface area contributed by atoms with E-state index in [1.807, 2.05) is 13.8 Å². The van der Waals surface area contributed by atoms with Crippen LogP contribution in [0.5, 0.6) is 0 Å². The summed E-state index contributed by atoms with van der Waals surface area (Å²) in [4.78, 5) is 22.6. The topological polar surface area (TPSA) is 58.2 Å². The Morgan fingerprint density at radius 2 is 1.77 bits per heavy atom. The molecular formula is C8H12N2O2S. The lowest BCUT2D eigenvalue weighted by Crippen LogP contribution is -2.55. The Bertz CT molecular complexity index is 243. The van der Waals surface area contributed by atoms with E-state index >= 15 is 0 Å². The minimum atomic E-state index is -0.591. The summed E-state index contributed by atoms with van der Waals surface area (Å²) in [6, 6.07) is 0. The highest BCUT2D eigenvalue weighted by atomic mass is 32.1. The van der Waals surface area contributed by atoms with Crippen LogP contribution >= 0.6 is 12.2 Å². The SMILES string of the molecule is CC(C)CC1C(=O)NC(=S)NC1=O. The van der Waals surface area contributed by atoms with Gasteiger partial charge in [0.25, 0.3) is 0 Å². The Kier molecular flexibility index (Phi) is 2.98. The monoisotopic (exact) mass is 200 g/mol. The Morgan fingerprint density at radius 1 is 1.31 bits per heavy atom. The first-order valence-electron chi connectivity index (χ1n) is 4.16. The van der Waals surface area contributed by atoms with Crippen molar-refractivity contribution in [3.8, 4) is 0 Å². The average Bonchev–Trinajstić information content (AvgIpc) is 1.96. The second kappa shape index (κ2) is 3.83. The molecule has 13 heavy (non-hydrogen) atoms. The molecule has 0 aromatic heterocycles. The first-order chi connectivity index (χ1) is 6.00. The molecule has 0 aliphatic carbocycles. The van der Waals surface area contributed by atoms with Crippen molar-refractivity contribution in [3.63, 3.8) is 0 Å². The van der Waals surface area contributed by atoms with E-state index in [0.29, 0.717) is 12.3 Å². The van der Waals surface area contributed by atoms with Gasteiger partial charge < -0.3 is 10.6 Å². The summed E-state index contributed by atoms with van der Waals surface area (Å²) < 4.78 is 0. The standard InChI is InChI=1S/C8H12N2O2S/c1-4(2)3-5-6(11)9-8(13)10-7(5)12/h4-5H,3H2,1-2H3,(H2,9,10,11,12,13). The van der Waals surface area contributed by atoms with Crippen LogP contribution in [0.1, 0.15) is 20.3 Å². The maximum absolute atomic E-state index is 11.3. The molecule has 0 spiro atoms. The second-order valence-corrected chi connectivity index (χ2v) is 3.90. The molecule has 0 radical (unpaired) electrons. The van der Waals surface area contributed by atoms with Crippen molar-refractivity contribution in [2.24, 2.45) is 11.8 Å². The van der Waals surface area contributed by atoms with E-state index < -0.39 is 5.92 Å². The Labute approximate surface area is 82.1 Å². The van der Waals surface area contributed by atoms with Gasteiger partial charge in [-0.25, -0.2) is 0 Å². The molecule has 1 rings (SSSR count). The fourth-order valence-electron chi connectivity index (χ4n) is 1.23. The van der Waals surface area contributed by atoms with Gasteiger partial charge in [-0.3, -0.25) is 9.59 Å². The molecule has 0 saturated carbocycles. The van der Waals surface area contributed by atoms with Gasteiger partial charge in [0.05, 0.1) is 0 Å². The quantitative estimate of drug-likeness (QED) is 0.494. The zero-order chi connectivity index (χ0) is 10.0. The van der Waals surface area contributed by atoms with Crippen molar-refractivity contribution in [1.29, 1.82) is 0 Å². The molecular weight excluding hydrogens is 188 g/mol. The molecule has 0 unspecified atom stereocenters. The maximum atomic E-state index is 11.3. The number of hydrogen-bond acceptors (Lipinski definition) is 3. The van der Waals surface area contributed by atoms with Crippen molar-refractivity contribution in [2.45, 2.75) is 20.3 Å². The number of thiocarbonyl (C=S) groups is 1. The summed E-state index contributed by atoms with van der Waals surface area (Å²) in [6.45, 7) is 3.93. The highest BCUT2D eigenvalue weighted by molar-refractivity contribution is 7.80. The Morgan fingerprint density at radius 3 is 2.15 bits per heavy atom. The van der Waals surface area contributed by atoms with Gasteiger partial charge in [0.15, 0.2) is 5.11 Å². The van der Waals surface area contributed by atoms with Gasteiger partial charge in [0, 0.05) is 0 Å². The van der Waals surface area contributed by atoms with Gasteiger partial charge in [0.2, 0.25) is 11.8 Å². The summed E-state index contributed by atoms with van der Waals surface area (Å²) in [7, 11) is 0. The van der Waals surface area contributed by atoms with Crippen LogP contribution in [0.25, 0.3) is 0 Å². The molecule has 1 heterocycles.